The van der Waals surface area contributed by atoms with Crippen molar-refractivity contribution in [3.05, 3.63) is 36.5 Å². The number of aromatic nitrogens is 3. The van der Waals surface area contributed by atoms with E-state index in [4.69, 9.17) is 15.2 Å². The van der Waals surface area contributed by atoms with Crippen LogP contribution in [-0.2, 0) is 0 Å². The molecule has 3 aromatic rings. The molecule has 0 amide bonds. The Morgan fingerprint density at radius 1 is 1.24 bits per heavy atom. The van der Waals surface area contributed by atoms with Crippen LogP contribution in [0.5, 0.6) is 11.5 Å². The van der Waals surface area contributed by atoms with E-state index in [0.717, 1.165) is 5.56 Å². The summed E-state index contributed by atoms with van der Waals surface area (Å²) < 4.78 is 12.4. The number of hydrogen-bond acceptors (Lipinski definition) is 5. The van der Waals surface area contributed by atoms with Gasteiger partial charge >= 0.3 is 0 Å². The second kappa shape index (κ2) is 5.32. The number of nitrogen functional groups attached to an aromatic ring is 1. The summed E-state index contributed by atoms with van der Waals surface area (Å²) >= 11 is 0. The highest BCUT2D eigenvalue weighted by Crippen LogP contribution is 2.28. The fourth-order valence-electron chi connectivity index (χ4n) is 2.15. The zero-order valence-corrected chi connectivity index (χ0v) is 11.9. The van der Waals surface area contributed by atoms with Gasteiger partial charge < -0.3 is 15.2 Å². The smallest absolute Gasteiger partial charge is 0.198 e. The van der Waals surface area contributed by atoms with Gasteiger partial charge in [0.2, 0.25) is 0 Å². The van der Waals surface area contributed by atoms with Gasteiger partial charge in [0, 0.05) is 11.8 Å². The van der Waals surface area contributed by atoms with Crippen molar-refractivity contribution in [2.45, 2.75) is 6.92 Å². The summed E-state index contributed by atoms with van der Waals surface area (Å²) in [5, 5.41) is 4.45. The topological polar surface area (TPSA) is 74.7 Å². The van der Waals surface area contributed by atoms with Gasteiger partial charge in [-0.3, -0.25) is 0 Å². The molecule has 21 heavy (non-hydrogen) atoms. The highest BCUT2D eigenvalue weighted by atomic mass is 16.5. The second-order valence-corrected chi connectivity index (χ2v) is 4.47. The third kappa shape index (κ3) is 2.35. The second-order valence-electron chi connectivity index (χ2n) is 4.47. The molecular weight excluding hydrogens is 268 g/mol. The lowest BCUT2D eigenvalue weighted by molar-refractivity contribution is 0.342. The summed E-state index contributed by atoms with van der Waals surface area (Å²) in [6, 6.07) is 9.23. The van der Waals surface area contributed by atoms with Gasteiger partial charge in [0.1, 0.15) is 5.75 Å². The molecular formula is C15H16N4O2. The van der Waals surface area contributed by atoms with E-state index in [1.807, 2.05) is 31.3 Å². The van der Waals surface area contributed by atoms with Gasteiger partial charge in [-0.15, -0.1) is 5.10 Å². The van der Waals surface area contributed by atoms with Gasteiger partial charge in [-0.25, -0.2) is 9.50 Å². The minimum atomic E-state index is 0.555. The highest BCUT2D eigenvalue weighted by Gasteiger charge is 2.11. The summed E-state index contributed by atoms with van der Waals surface area (Å²) in [5.74, 6) is 1.94. The first kappa shape index (κ1) is 13.2. The van der Waals surface area contributed by atoms with Crippen LogP contribution in [0.25, 0.3) is 17.0 Å². The number of nitrogens with zero attached hydrogens (tertiary/aromatic N) is 3. The monoisotopic (exact) mass is 284 g/mol. The largest absolute Gasteiger partial charge is 0.495 e. The normalized spacial score (nSPS) is 10.8. The quantitative estimate of drug-likeness (QED) is 0.744. The van der Waals surface area contributed by atoms with E-state index in [1.54, 1.807) is 23.8 Å². The lowest BCUT2D eigenvalue weighted by atomic mass is 10.2. The molecule has 0 aliphatic rings. The van der Waals surface area contributed by atoms with Crippen LogP contribution >= 0.6 is 0 Å². The molecule has 0 fully saturated rings. The first-order chi connectivity index (χ1) is 10.2. The molecule has 0 unspecified atom stereocenters. The van der Waals surface area contributed by atoms with Crippen molar-refractivity contribution in [3.8, 4) is 22.9 Å². The van der Waals surface area contributed by atoms with Crippen molar-refractivity contribution in [2.75, 3.05) is 19.5 Å². The van der Waals surface area contributed by atoms with Crippen molar-refractivity contribution >= 4 is 11.3 Å². The number of pyridine rings is 1. The van der Waals surface area contributed by atoms with E-state index in [0.29, 0.717) is 35.3 Å². The molecule has 0 spiro atoms. The molecule has 0 saturated heterocycles. The standard InChI is InChI=1S/C15H16N4O2/c1-3-21-13-5-4-8-19-15(13)17-14(18-19)10-6-7-12(20-2)11(16)9-10/h4-9H,3,16H2,1-2H3. The number of methoxy groups -OCH3 is 1. The maximum atomic E-state index is 5.93. The van der Waals surface area contributed by atoms with Crippen molar-refractivity contribution < 1.29 is 9.47 Å². The number of anilines is 1. The van der Waals surface area contributed by atoms with E-state index in [2.05, 4.69) is 10.1 Å². The van der Waals surface area contributed by atoms with Gasteiger partial charge in [0.15, 0.2) is 17.2 Å². The van der Waals surface area contributed by atoms with Crippen molar-refractivity contribution in [2.24, 2.45) is 0 Å². The Kier molecular flexibility index (Phi) is 3.35. The molecule has 0 bridgehead atoms. The Morgan fingerprint density at radius 3 is 2.81 bits per heavy atom. The molecule has 2 heterocycles. The first-order valence-electron chi connectivity index (χ1n) is 6.65. The number of benzene rings is 1. The summed E-state index contributed by atoms with van der Waals surface area (Å²) in [6.07, 6.45) is 1.83. The van der Waals surface area contributed by atoms with Crippen LogP contribution in [-0.4, -0.2) is 28.3 Å². The predicted octanol–water partition coefficient (Wildman–Crippen LogP) is 2.39. The number of hydrogen-bond donors (Lipinski definition) is 1. The molecule has 0 radical (unpaired) electrons. The molecule has 2 N–H and O–H groups in total. The van der Waals surface area contributed by atoms with Crippen molar-refractivity contribution in [1.82, 2.24) is 14.6 Å². The Morgan fingerprint density at radius 2 is 2.10 bits per heavy atom. The SMILES string of the molecule is CCOc1cccn2nc(-c3ccc(OC)c(N)c3)nc12. The molecule has 0 atom stereocenters. The zero-order chi connectivity index (χ0) is 14.8. The number of nitrogens with two attached hydrogens (primary N) is 1. The summed E-state index contributed by atoms with van der Waals surface area (Å²) in [6.45, 7) is 2.52. The van der Waals surface area contributed by atoms with E-state index >= 15 is 0 Å². The molecule has 0 aliphatic carbocycles. The average Bonchev–Trinajstić information content (AvgIpc) is 2.92. The Hall–Kier alpha value is -2.76. The Labute approximate surface area is 122 Å². The lowest BCUT2D eigenvalue weighted by Gasteiger charge is -2.04. The molecule has 0 aliphatic heterocycles. The number of ether oxygens (including phenoxy) is 2. The maximum Gasteiger partial charge on any atom is 0.198 e. The minimum absolute atomic E-state index is 0.555. The fourth-order valence-corrected chi connectivity index (χ4v) is 2.15. The van der Waals surface area contributed by atoms with Gasteiger partial charge in [-0.1, -0.05) is 0 Å². The van der Waals surface area contributed by atoms with E-state index in [1.165, 1.54) is 0 Å². The molecule has 6 nitrogen and oxygen atoms in total. The Bertz CT molecular complexity index is 782. The number of rotatable bonds is 4. The van der Waals surface area contributed by atoms with Gasteiger partial charge in [0.05, 0.1) is 19.4 Å². The van der Waals surface area contributed by atoms with Crippen LogP contribution in [0.3, 0.4) is 0 Å². The van der Waals surface area contributed by atoms with Gasteiger partial charge in [-0.2, -0.15) is 0 Å². The van der Waals surface area contributed by atoms with Crippen molar-refractivity contribution in [1.29, 1.82) is 0 Å². The molecule has 1 aromatic carbocycles. The molecule has 6 heteroatoms. The van der Waals surface area contributed by atoms with Crippen LogP contribution in [0.2, 0.25) is 0 Å². The predicted molar refractivity (Wildman–Crippen MR) is 80.6 cm³/mol. The van der Waals surface area contributed by atoms with Crippen LogP contribution in [0.15, 0.2) is 36.5 Å². The minimum Gasteiger partial charge on any atom is -0.495 e. The molecule has 3 rings (SSSR count). The van der Waals surface area contributed by atoms with Gasteiger partial charge in [-0.05, 0) is 37.3 Å². The molecule has 0 saturated carbocycles. The lowest BCUT2D eigenvalue weighted by Crippen LogP contribution is -1.95. The maximum absolute atomic E-state index is 5.93. The average molecular weight is 284 g/mol. The summed E-state index contributed by atoms with van der Waals surface area (Å²) in [4.78, 5) is 4.53. The van der Waals surface area contributed by atoms with Gasteiger partial charge in [0.25, 0.3) is 0 Å². The van der Waals surface area contributed by atoms with E-state index < -0.39 is 0 Å². The summed E-state index contributed by atoms with van der Waals surface area (Å²) in [5.41, 5.74) is 8.00. The highest BCUT2D eigenvalue weighted by molar-refractivity contribution is 5.68. The van der Waals surface area contributed by atoms with Crippen LogP contribution in [0.4, 0.5) is 5.69 Å². The zero-order valence-electron chi connectivity index (χ0n) is 11.9. The molecule has 2 aromatic heterocycles. The van der Waals surface area contributed by atoms with Crippen LogP contribution in [0.1, 0.15) is 6.92 Å². The number of fused-ring (bicyclic) bond motifs is 1. The van der Waals surface area contributed by atoms with Crippen LogP contribution in [0, 0.1) is 0 Å². The van der Waals surface area contributed by atoms with Crippen LogP contribution < -0.4 is 15.2 Å². The third-order valence-electron chi connectivity index (χ3n) is 3.11. The van der Waals surface area contributed by atoms with E-state index in [9.17, 15) is 0 Å². The summed E-state index contributed by atoms with van der Waals surface area (Å²) in [7, 11) is 1.59. The Balaban J connectivity index is 2.08. The molecule has 108 valence electrons. The van der Waals surface area contributed by atoms with Crippen molar-refractivity contribution in [3.63, 3.8) is 0 Å². The fraction of sp³-hybridized carbons (Fsp3) is 0.200. The van der Waals surface area contributed by atoms with E-state index in [-0.39, 0.29) is 0 Å². The first-order valence-corrected chi connectivity index (χ1v) is 6.65. The third-order valence-corrected chi connectivity index (χ3v) is 3.11.